The van der Waals surface area contributed by atoms with Gasteiger partial charge in [0.1, 0.15) is 0 Å². The summed E-state index contributed by atoms with van der Waals surface area (Å²) in [4.78, 5) is 24.5. The van der Waals surface area contributed by atoms with Crippen molar-refractivity contribution in [3.05, 3.63) is 176 Å². The molecule has 0 saturated heterocycles. The molecule has 6 aromatic carbocycles. The molecule has 0 saturated carbocycles. The Hall–Kier alpha value is -6.89. The van der Waals surface area contributed by atoms with Crippen molar-refractivity contribution in [2.75, 3.05) is 4.90 Å². The second kappa shape index (κ2) is 12.4. The SMILES string of the molecule is c1ccc(-c2cccc(N3c4ccc(-c5ccc6ccc7cccnc7c6n5)cc4Sc4cc(-c5ccc6ccc7cccnc7c6n5)ccc43)c2)cc1. The van der Waals surface area contributed by atoms with Crippen LogP contribution in [0.5, 0.6) is 0 Å². The van der Waals surface area contributed by atoms with Crippen molar-refractivity contribution >= 4 is 72.4 Å². The second-order valence-corrected chi connectivity index (χ2v) is 14.6. The lowest BCUT2D eigenvalue weighted by Crippen LogP contribution is -2.15. The predicted octanol–water partition coefficient (Wildman–Crippen LogP) is 12.8. The molecule has 54 heavy (non-hydrogen) atoms. The smallest absolute Gasteiger partial charge is 0.0972 e. The molecule has 11 rings (SSSR count). The van der Waals surface area contributed by atoms with E-state index in [1.807, 2.05) is 24.5 Å². The van der Waals surface area contributed by atoms with Crippen LogP contribution in [-0.4, -0.2) is 19.9 Å². The summed E-state index contributed by atoms with van der Waals surface area (Å²) >= 11 is 1.79. The fourth-order valence-corrected chi connectivity index (χ4v) is 8.77. The van der Waals surface area contributed by atoms with Crippen LogP contribution in [0.25, 0.3) is 77.3 Å². The molecule has 252 valence electrons. The minimum Gasteiger partial charge on any atom is -0.308 e. The number of aromatic nitrogens is 4. The number of fused-ring (bicyclic) bond motifs is 8. The molecule has 0 fully saturated rings. The highest BCUT2D eigenvalue weighted by Crippen LogP contribution is 2.53. The second-order valence-electron chi connectivity index (χ2n) is 13.5. The van der Waals surface area contributed by atoms with Crippen molar-refractivity contribution in [3.8, 4) is 33.6 Å². The van der Waals surface area contributed by atoms with Gasteiger partial charge in [-0.15, -0.1) is 0 Å². The highest BCUT2D eigenvalue weighted by Gasteiger charge is 2.27. The molecule has 10 aromatic rings. The Kier molecular flexibility index (Phi) is 7.03. The summed E-state index contributed by atoms with van der Waals surface area (Å²) in [5.74, 6) is 0. The predicted molar refractivity (Wildman–Crippen MR) is 223 cm³/mol. The third kappa shape index (κ3) is 5.11. The van der Waals surface area contributed by atoms with E-state index in [2.05, 4.69) is 157 Å². The van der Waals surface area contributed by atoms with E-state index in [1.54, 1.807) is 11.8 Å². The molecule has 0 N–H and O–H groups in total. The molecule has 5 heterocycles. The summed E-state index contributed by atoms with van der Waals surface area (Å²) in [5, 5.41) is 4.33. The third-order valence-electron chi connectivity index (χ3n) is 10.3. The molecule has 0 amide bonds. The van der Waals surface area contributed by atoms with E-state index < -0.39 is 0 Å². The average molecular weight is 708 g/mol. The number of pyridine rings is 4. The van der Waals surface area contributed by atoms with Crippen LogP contribution < -0.4 is 4.90 Å². The number of nitrogens with zero attached hydrogens (tertiary/aromatic N) is 5. The van der Waals surface area contributed by atoms with Crippen LogP contribution >= 0.6 is 11.8 Å². The van der Waals surface area contributed by atoms with Gasteiger partial charge in [0, 0.05) is 60.5 Å². The maximum Gasteiger partial charge on any atom is 0.0972 e. The average Bonchev–Trinajstić information content (AvgIpc) is 3.25. The third-order valence-corrected chi connectivity index (χ3v) is 11.4. The first kappa shape index (κ1) is 30.7. The number of benzene rings is 6. The molecule has 6 heteroatoms. The Labute approximate surface area is 315 Å². The molecular weight excluding hydrogens is 679 g/mol. The number of anilines is 3. The quantitative estimate of drug-likeness (QED) is 0.170. The molecule has 1 aliphatic rings. The lowest BCUT2D eigenvalue weighted by atomic mass is 10.0. The monoisotopic (exact) mass is 707 g/mol. The first-order valence-electron chi connectivity index (χ1n) is 17.9. The molecule has 0 spiro atoms. The lowest BCUT2D eigenvalue weighted by molar-refractivity contribution is 1.16. The van der Waals surface area contributed by atoms with Crippen molar-refractivity contribution in [2.45, 2.75) is 9.79 Å². The molecule has 0 bridgehead atoms. The van der Waals surface area contributed by atoms with Crippen LogP contribution in [0, 0.1) is 0 Å². The largest absolute Gasteiger partial charge is 0.308 e. The molecule has 1 aliphatic heterocycles. The highest BCUT2D eigenvalue weighted by atomic mass is 32.2. The Balaban J connectivity index is 1.06. The van der Waals surface area contributed by atoms with E-state index in [0.29, 0.717) is 0 Å². The van der Waals surface area contributed by atoms with Gasteiger partial charge in [-0.1, -0.05) is 115 Å². The molecule has 5 nitrogen and oxygen atoms in total. The van der Waals surface area contributed by atoms with E-state index in [9.17, 15) is 0 Å². The van der Waals surface area contributed by atoms with Crippen LogP contribution in [-0.2, 0) is 0 Å². The first-order chi connectivity index (χ1) is 26.7. The normalized spacial score (nSPS) is 12.3. The zero-order chi connectivity index (χ0) is 35.6. The van der Waals surface area contributed by atoms with E-state index in [1.165, 1.54) is 11.1 Å². The maximum atomic E-state index is 5.19. The summed E-state index contributed by atoms with van der Waals surface area (Å²) < 4.78 is 0. The number of hydrogen-bond donors (Lipinski definition) is 0. The Morgan fingerprint density at radius 3 is 1.46 bits per heavy atom. The van der Waals surface area contributed by atoms with Gasteiger partial charge in [0.2, 0.25) is 0 Å². The molecular formula is C48H29N5S. The van der Waals surface area contributed by atoms with Gasteiger partial charge < -0.3 is 4.90 Å². The Morgan fingerprint density at radius 1 is 0.370 bits per heavy atom. The summed E-state index contributed by atoms with van der Waals surface area (Å²) in [6.07, 6.45) is 3.68. The summed E-state index contributed by atoms with van der Waals surface area (Å²) in [7, 11) is 0. The first-order valence-corrected chi connectivity index (χ1v) is 18.8. The van der Waals surface area contributed by atoms with Gasteiger partial charge in [0.15, 0.2) is 0 Å². The van der Waals surface area contributed by atoms with Crippen LogP contribution in [0.3, 0.4) is 0 Å². The van der Waals surface area contributed by atoms with Crippen molar-refractivity contribution in [2.24, 2.45) is 0 Å². The topological polar surface area (TPSA) is 54.8 Å². The zero-order valence-electron chi connectivity index (χ0n) is 28.9. The van der Waals surface area contributed by atoms with Crippen LogP contribution in [0.15, 0.2) is 186 Å². The van der Waals surface area contributed by atoms with E-state index in [4.69, 9.17) is 19.9 Å². The van der Waals surface area contributed by atoms with E-state index in [-0.39, 0.29) is 0 Å². The van der Waals surface area contributed by atoms with Crippen molar-refractivity contribution < 1.29 is 0 Å². The summed E-state index contributed by atoms with van der Waals surface area (Å²) in [6.45, 7) is 0. The van der Waals surface area contributed by atoms with E-state index >= 15 is 0 Å². The summed E-state index contributed by atoms with van der Waals surface area (Å²) in [5.41, 5.74) is 13.3. The molecule has 0 atom stereocenters. The van der Waals surface area contributed by atoms with Gasteiger partial charge in [-0.3, -0.25) is 9.97 Å². The Bertz CT molecular complexity index is 2940. The molecule has 0 radical (unpaired) electrons. The fourth-order valence-electron chi connectivity index (χ4n) is 7.63. The van der Waals surface area contributed by atoms with Gasteiger partial charge in [0.05, 0.1) is 44.8 Å². The van der Waals surface area contributed by atoms with Gasteiger partial charge in [-0.25, -0.2) is 9.97 Å². The highest BCUT2D eigenvalue weighted by molar-refractivity contribution is 7.99. The number of hydrogen-bond acceptors (Lipinski definition) is 6. The van der Waals surface area contributed by atoms with E-state index in [0.717, 1.165) is 93.0 Å². The minimum absolute atomic E-state index is 0.913. The van der Waals surface area contributed by atoms with Crippen molar-refractivity contribution in [1.82, 2.24) is 19.9 Å². The Morgan fingerprint density at radius 2 is 0.889 bits per heavy atom. The maximum absolute atomic E-state index is 5.19. The summed E-state index contributed by atoms with van der Waals surface area (Å²) in [6, 6.07) is 57.9. The molecule has 4 aromatic heterocycles. The molecule has 0 aliphatic carbocycles. The number of rotatable bonds is 4. The van der Waals surface area contributed by atoms with Crippen LogP contribution in [0.2, 0.25) is 0 Å². The minimum atomic E-state index is 0.913. The van der Waals surface area contributed by atoms with Gasteiger partial charge >= 0.3 is 0 Å². The van der Waals surface area contributed by atoms with Gasteiger partial charge in [0.25, 0.3) is 0 Å². The lowest BCUT2D eigenvalue weighted by Gasteiger charge is -2.33. The van der Waals surface area contributed by atoms with Crippen molar-refractivity contribution in [3.63, 3.8) is 0 Å². The van der Waals surface area contributed by atoms with Crippen molar-refractivity contribution in [1.29, 1.82) is 0 Å². The molecule has 0 unspecified atom stereocenters. The fraction of sp³-hybridized carbons (Fsp3) is 0. The van der Waals surface area contributed by atoms with Crippen LogP contribution in [0.4, 0.5) is 17.1 Å². The van der Waals surface area contributed by atoms with Crippen LogP contribution in [0.1, 0.15) is 0 Å². The zero-order valence-corrected chi connectivity index (χ0v) is 29.7. The van der Waals surface area contributed by atoms with Gasteiger partial charge in [-0.05, 0) is 71.8 Å². The van der Waals surface area contributed by atoms with Gasteiger partial charge in [-0.2, -0.15) is 0 Å². The standard InChI is InChI=1S/C48H29N5S/c1-2-7-30(8-3-1)35-9-4-12-38(27-35)53-41-23-19-36(39-21-17-33-15-13-31-10-5-25-49-45(31)47(33)51-39)28-43(41)54-44-29-37(20-24-42(44)53)40-22-18-34-16-14-32-11-6-26-50-46(32)48(34)52-40/h1-29H.